The summed E-state index contributed by atoms with van der Waals surface area (Å²) in [4.78, 5) is 4.09. The molecule has 0 N–H and O–H groups in total. The van der Waals surface area contributed by atoms with Gasteiger partial charge in [0, 0.05) is 23.0 Å². The van der Waals surface area contributed by atoms with Gasteiger partial charge in [-0.3, -0.25) is 4.98 Å². The maximum Gasteiger partial charge on any atom is 0.191 e. The van der Waals surface area contributed by atoms with E-state index in [4.69, 9.17) is 11.6 Å². The molecule has 0 bridgehead atoms. The summed E-state index contributed by atoms with van der Waals surface area (Å²) in [5.74, 6) is 0. The largest absolute Gasteiger partial charge is 0.264 e. The van der Waals surface area contributed by atoms with Crippen molar-refractivity contribution in [2.24, 2.45) is 0 Å². The number of nitriles is 1. The smallest absolute Gasteiger partial charge is 0.191 e. The number of benzene rings is 1. The van der Waals surface area contributed by atoms with Crippen molar-refractivity contribution in [3.8, 4) is 23.0 Å². The summed E-state index contributed by atoms with van der Waals surface area (Å²) >= 11 is 6.07. The molecule has 0 saturated carbocycles. The molecule has 0 spiro atoms. The second-order valence-electron chi connectivity index (χ2n) is 4.48. The van der Waals surface area contributed by atoms with Gasteiger partial charge in [-0.05, 0) is 36.8 Å². The first kappa shape index (κ1) is 13.3. The average molecular weight is 296 g/mol. The zero-order valence-electron chi connectivity index (χ0n) is 11.2. The molecule has 0 saturated heterocycles. The molecule has 3 aromatic rings. The van der Waals surface area contributed by atoms with E-state index < -0.39 is 0 Å². The molecule has 0 aliphatic carbocycles. The van der Waals surface area contributed by atoms with Crippen LogP contribution in [0.1, 0.15) is 11.3 Å². The van der Waals surface area contributed by atoms with Crippen molar-refractivity contribution in [2.75, 3.05) is 0 Å². The van der Waals surface area contributed by atoms with Gasteiger partial charge in [-0.15, -0.1) is 5.10 Å². The van der Waals surface area contributed by atoms with Gasteiger partial charge in [-0.25, -0.2) is 4.68 Å². The van der Waals surface area contributed by atoms with Crippen molar-refractivity contribution in [2.45, 2.75) is 6.92 Å². The van der Waals surface area contributed by atoms with Crippen LogP contribution in [-0.4, -0.2) is 20.0 Å². The van der Waals surface area contributed by atoms with Crippen molar-refractivity contribution in [3.63, 3.8) is 0 Å². The van der Waals surface area contributed by atoms with E-state index in [0.29, 0.717) is 10.7 Å². The number of pyridine rings is 1. The summed E-state index contributed by atoms with van der Waals surface area (Å²) in [5.41, 5.74) is 3.41. The Labute approximate surface area is 126 Å². The Bertz CT molecular complexity index is 833. The fourth-order valence-electron chi connectivity index (χ4n) is 2.10. The van der Waals surface area contributed by atoms with E-state index in [0.717, 1.165) is 16.8 Å². The molecule has 0 unspecified atom stereocenters. The predicted octanol–water partition coefficient (Wildman–Crippen LogP) is 3.16. The van der Waals surface area contributed by atoms with Crippen LogP contribution in [0.3, 0.4) is 0 Å². The van der Waals surface area contributed by atoms with Gasteiger partial charge < -0.3 is 0 Å². The monoisotopic (exact) mass is 295 g/mol. The van der Waals surface area contributed by atoms with Crippen LogP contribution in [0, 0.1) is 18.3 Å². The minimum atomic E-state index is 0.252. The third-order valence-corrected chi connectivity index (χ3v) is 3.35. The Morgan fingerprint density at radius 3 is 2.86 bits per heavy atom. The minimum absolute atomic E-state index is 0.252. The third-order valence-electron chi connectivity index (χ3n) is 3.11. The molecule has 0 amide bonds. The maximum atomic E-state index is 9.25. The lowest BCUT2D eigenvalue weighted by Gasteiger charge is -2.09. The summed E-state index contributed by atoms with van der Waals surface area (Å²) < 4.78 is 1.62. The Hall–Kier alpha value is -2.71. The number of aromatic nitrogens is 4. The van der Waals surface area contributed by atoms with E-state index in [-0.39, 0.29) is 5.69 Å². The predicted molar refractivity (Wildman–Crippen MR) is 79.1 cm³/mol. The van der Waals surface area contributed by atoms with Gasteiger partial charge in [0.2, 0.25) is 0 Å². The summed E-state index contributed by atoms with van der Waals surface area (Å²) in [5, 5.41) is 17.9. The lowest BCUT2D eigenvalue weighted by Crippen LogP contribution is -2.02. The molecule has 2 heterocycles. The lowest BCUT2D eigenvalue weighted by atomic mass is 10.1. The molecule has 0 fully saturated rings. The number of aryl methyl sites for hydroxylation is 1. The number of halogens is 1. The zero-order chi connectivity index (χ0) is 14.8. The topological polar surface area (TPSA) is 67.4 Å². The van der Waals surface area contributed by atoms with Crippen LogP contribution in [0.25, 0.3) is 16.9 Å². The first-order chi connectivity index (χ1) is 10.2. The molecule has 1 aromatic carbocycles. The second kappa shape index (κ2) is 5.35. The third kappa shape index (κ3) is 2.37. The number of nitrogens with zero attached hydrogens (tertiary/aromatic N) is 5. The second-order valence-corrected chi connectivity index (χ2v) is 4.92. The van der Waals surface area contributed by atoms with Crippen molar-refractivity contribution in [1.82, 2.24) is 20.0 Å². The van der Waals surface area contributed by atoms with Crippen molar-refractivity contribution < 1.29 is 0 Å². The van der Waals surface area contributed by atoms with Crippen LogP contribution in [-0.2, 0) is 0 Å². The Morgan fingerprint density at radius 2 is 2.14 bits per heavy atom. The highest BCUT2D eigenvalue weighted by molar-refractivity contribution is 6.30. The van der Waals surface area contributed by atoms with E-state index in [1.165, 1.54) is 0 Å². The molecule has 0 aliphatic heterocycles. The molecular formula is C15H10ClN5. The molecule has 21 heavy (non-hydrogen) atoms. The highest BCUT2D eigenvalue weighted by atomic mass is 35.5. The number of hydrogen-bond donors (Lipinski definition) is 0. The van der Waals surface area contributed by atoms with E-state index >= 15 is 0 Å². The maximum absolute atomic E-state index is 9.25. The van der Waals surface area contributed by atoms with Gasteiger partial charge in [0.25, 0.3) is 0 Å². The van der Waals surface area contributed by atoms with Gasteiger partial charge in [0.05, 0.1) is 5.69 Å². The molecule has 0 radical (unpaired) electrons. The average Bonchev–Trinajstić information content (AvgIpc) is 2.94. The summed E-state index contributed by atoms with van der Waals surface area (Å²) in [6, 6.07) is 11.2. The summed E-state index contributed by atoms with van der Waals surface area (Å²) in [6.45, 7) is 1.95. The van der Waals surface area contributed by atoms with Crippen LogP contribution in [0.2, 0.25) is 5.02 Å². The first-order valence-corrected chi connectivity index (χ1v) is 6.61. The Balaban J connectivity index is 2.28. The molecule has 0 aliphatic rings. The van der Waals surface area contributed by atoms with Crippen molar-refractivity contribution in [1.29, 1.82) is 5.26 Å². The molecular weight excluding hydrogens is 286 g/mol. The zero-order valence-corrected chi connectivity index (χ0v) is 11.9. The number of hydrogen-bond acceptors (Lipinski definition) is 4. The number of rotatable bonds is 2. The van der Waals surface area contributed by atoms with Crippen molar-refractivity contribution >= 4 is 11.6 Å². The minimum Gasteiger partial charge on any atom is -0.264 e. The van der Waals surface area contributed by atoms with Gasteiger partial charge in [-0.1, -0.05) is 22.9 Å². The van der Waals surface area contributed by atoms with E-state index in [2.05, 4.69) is 21.4 Å². The molecule has 3 rings (SSSR count). The quantitative estimate of drug-likeness (QED) is 0.728. The molecule has 6 heteroatoms. The van der Waals surface area contributed by atoms with Gasteiger partial charge in [0.15, 0.2) is 5.69 Å². The molecule has 0 atom stereocenters. The van der Waals surface area contributed by atoms with Crippen LogP contribution < -0.4 is 0 Å². The van der Waals surface area contributed by atoms with Crippen LogP contribution in [0.4, 0.5) is 0 Å². The molecule has 5 nitrogen and oxygen atoms in total. The molecule has 2 aromatic heterocycles. The van der Waals surface area contributed by atoms with E-state index in [1.54, 1.807) is 29.2 Å². The lowest BCUT2D eigenvalue weighted by molar-refractivity contribution is 0.802. The Morgan fingerprint density at radius 1 is 1.29 bits per heavy atom. The highest BCUT2D eigenvalue weighted by Gasteiger charge is 2.17. The van der Waals surface area contributed by atoms with Gasteiger partial charge >= 0.3 is 0 Å². The first-order valence-electron chi connectivity index (χ1n) is 6.23. The van der Waals surface area contributed by atoms with Gasteiger partial charge in [-0.2, -0.15) is 5.26 Å². The van der Waals surface area contributed by atoms with Crippen molar-refractivity contribution in [3.05, 3.63) is 59.0 Å². The van der Waals surface area contributed by atoms with Crippen LogP contribution >= 0.6 is 11.6 Å². The van der Waals surface area contributed by atoms with Gasteiger partial charge in [0.1, 0.15) is 11.8 Å². The standard InChI is InChI=1S/C15H10ClN5/c1-10-4-5-12(16)7-14(10)21-15(13(8-17)19-20-21)11-3-2-6-18-9-11/h2-7,9H,1H3. The normalized spacial score (nSPS) is 10.3. The summed E-state index contributed by atoms with van der Waals surface area (Å²) in [7, 11) is 0. The van der Waals surface area contributed by atoms with E-state index in [9.17, 15) is 5.26 Å². The highest BCUT2D eigenvalue weighted by Crippen LogP contribution is 2.27. The Kier molecular flexibility index (Phi) is 3.38. The fraction of sp³-hybridized carbons (Fsp3) is 0.0667. The molecule has 102 valence electrons. The summed E-state index contributed by atoms with van der Waals surface area (Å²) in [6.07, 6.45) is 3.35. The van der Waals surface area contributed by atoms with E-state index in [1.807, 2.05) is 25.1 Å². The van der Waals surface area contributed by atoms with Crippen LogP contribution in [0.15, 0.2) is 42.7 Å². The van der Waals surface area contributed by atoms with Crippen LogP contribution in [0.5, 0.6) is 0 Å². The fourth-order valence-corrected chi connectivity index (χ4v) is 2.26. The SMILES string of the molecule is Cc1ccc(Cl)cc1-n1nnc(C#N)c1-c1cccnc1.